The number of benzene rings is 1. The summed E-state index contributed by atoms with van der Waals surface area (Å²) in [5.41, 5.74) is -2.36. The number of carbonyl (C=O) groups excluding carboxylic acids is 4. The average Bonchev–Trinajstić information content (AvgIpc) is 3.50. The third-order valence-electron chi connectivity index (χ3n) is 9.73. The van der Waals surface area contributed by atoms with E-state index >= 15 is 0 Å². The molecule has 2 bridgehead atoms. The van der Waals surface area contributed by atoms with Crippen molar-refractivity contribution in [3.8, 4) is 11.5 Å². The Bertz CT molecular complexity index is 1640. The Morgan fingerprint density at radius 2 is 1.60 bits per heavy atom. The largest absolute Gasteiger partial charge is 0.514 e. The van der Waals surface area contributed by atoms with Crippen LogP contribution in [0.3, 0.4) is 0 Å². The summed E-state index contributed by atoms with van der Waals surface area (Å²) in [7, 11) is 1.97. The summed E-state index contributed by atoms with van der Waals surface area (Å²) in [6, 6.07) is 3.23. The van der Waals surface area contributed by atoms with E-state index in [1.165, 1.54) is 20.8 Å². The summed E-state index contributed by atoms with van der Waals surface area (Å²) in [6.45, 7) is 15.3. The first kappa shape index (κ1) is 36.1. The summed E-state index contributed by atoms with van der Waals surface area (Å²) in [4.78, 5) is 54.6. The van der Waals surface area contributed by atoms with Gasteiger partial charge >= 0.3 is 24.1 Å². The first-order valence-electron chi connectivity index (χ1n) is 16.9. The van der Waals surface area contributed by atoms with Gasteiger partial charge in [-0.3, -0.25) is 0 Å². The molecule has 0 saturated carbocycles. The van der Waals surface area contributed by atoms with Gasteiger partial charge in [-0.05, 0) is 106 Å². The molecule has 1 spiro atoms. The van der Waals surface area contributed by atoms with Crippen molar-refractivity contribution in [2.45, 2.75) is 140 Å². The van der Waals surface area contributed by atoms with Gasteiger partial charge in [0.05, 0.1) is 11.0 Å². The zero-order valence-corrected chi connectivity index (χ0v) is 30.2. The molecule has 1 N–H and O–H groups in total. The fourth-order valence-corrected chi connectivity index (χ4v) is 7.82. The van der Waals surface area contributed by atoms with Gasteiger partial charge in [-0.2, -0.15) is 0 Å². The Kier molecular flexibility index (Phi) is 8.61. The smallest absolute Gasteiger partial charge is 0.477 e. The third kappa shape index (κ3) is 6.13. The van der Waals surface area contributed by atoms with Gasteiger partial charge in [0.1, 0.15) is 17.0 Å². The topological polar surface area (TPSA) is 166 Å². The molecule has 1 aromatic carbocycles. The van der Waals surface area contributed by atoms with Crippen molar-refractivity contribution in [1.29, 1.82) is 0 Å². The number of hydrogen-bond donors (Lipinski definition) is 1. The lowest BCUT2D eigenvalue weighted by Gasteiger charge is -2.61. The molecule has 3 aliphatic heterocycles. The second-order valence-corrected chi connectivity index (χ2v) is 16.2. The van der Waals surface area contributed by atoms with Crippen molar-refractivity contribution >= 4 is 24.1 Å². The minimum Gasteiger partial charge on any atom is -0.477 e. The first-order chi connectivity index (χ1) is 23.0. The molecule has 2 aliphatic carbocycles. The fraction of sp³-hybridized carbons (Fsp3) is 0.667. The van der Waals surface area contributed by atoms with Gasteiger partial charge in [0.15, 0.2) is 41.7 Å². The monoisotopic (exact) mass is 701 g/mol. The molecule has 50 heavy (non-hydrogen) atoms. The van der Waals surface area contributed by atoms with Gasteiger partial charge < -0.3 is 47.9 Å². The molecule has 274 valence electrons. The summed E-state index contributed by atoms with van der Waals surface area (Å²) in [5.74, 6) is -3.62. The lowest BCUT2D eigenvalue weighted by atomic mass is 9.50. The van der Waals surface area contributed by atoms with E-state index in [2.05, 4.69) is 4.90 Å². The maximum atomic E-state index is 13.9. The summed E-state index contributed by atoms with van der Waals surface area (Å²) in [5, 5.41) is 12.6. The molecule has 6 rings (SSSR count). The minimum atomic E-state index is -1.57. The van der Waals surface area contributed by atoms with Crippen LogP contribution in [0.1, 0.15) is 86.3 Å². The van der Waals surface area contributed by atoms with Gasteiger partial charge in [0, 0.05) is 18.0 Å². The number of likely N-dealkylation sites (tertiary alicyclic amines) is 1. The first-order valence-corrected chi connectivity index (χ1v) is 16.9. The van der Waals surface area contributed by atoms with E-state index in [0.29, 0.717) is 24.9 Å². The van der Waals surface area contributed by atoms with Gasteiger partial charge in [0.2, 0.25) is 0 Å². The normalized spacial score (nSPS) is 31.4. The lowest BCUT2D eigenvalue weighted by Crippen LogP contribution is -2.74. The van der Waals surface area contributed by atoms with Crippen molar-refractivity contribution in [1.82, 2.24) is 4.90 Å². The van der Waals surface area contributed by atoms with Gasteiger partial charge in [-0.1, -0.05) is 6.07 Å². The summed E-state index contributed by atoms with van der Waals surface area (Å²) >= 11 is 0. The molecule has 0 radical (unpaired) electrons. The average molecular weight is 702 g/mol. The van der Waals surface area contributed by atoms with Crippen molar-refractivity contribution in [3.05, 3.63) is 35.1 Å². The molecule has 0 amide bonds. The van der Waals surface area contributed by atoms with Crippen LogP contribution in [0, 0.1) is 0 Å². The Balaban J connectivity index is 1.29. The second kappa shape index (κ2) is 11.9. The maximum absolute atomic E-state index is 13.9. The number of ether oxygens (including phenoxy) is 8. The zero-order valence-electron chi connectivity index (χ0n) is 30.2. The molecule has 2 fully saturated rings. The Hall–Kier alpha value is -3.72. The zero-order chi connectivity index (χ0) is 36.8. The number of esters is 3. The molecular weight excluding hydrogens is 654 g/mol. The van der Waals surface area contributed by atoms with Crippen LogP contribution < -0.4 is 9.47 Å². The van der Waals surface area contributed by atoms with Crippen LogP contribution in [0.5, 0.6) is 11.5 Å². The molecule has 2 saturated heterocycles. The van der Waals surface area contributed by atoms with E-state index in [1.807, 2.05) is 13.1 Å². The van der Waals surface area contributed by atoms with Crippen LogP contribution in [0.4, 0.5) is 4.79 Å². The molecule has 14 heteroatoms. The highest BCUT2D eigenvalue weighted by atomic mass is 16.8. The number of nitrogens with zero attached hydrogens (tertiary/aromatic N) is 1. The van der Waals surface area contributed by atoms with Crippen molar-refractivity contribution < 1.29 is 62.2 Å². The lowest BCUT2D eigenvalue weighted by molar-refractivity contribution is -0.184. The van der Waals surface area contributed by atoms with E-state index in [9.17, 15) is 24.3 Å². The molecular formula is C36H47NO13. The highest BCUT2D eigenvalue weighted by molar-refractivity contribution is 5.88. The number of carbonyl (C=O) groups is 4. The highest BCUT2D eigenvalue weighted by Crippen LogP contribution is 2.65. The fourth-order valence-electron chi connectivity index (χ4n) is 7.82. The number of rotatable bonds is 6. The predicted octanol–water partition coefficient (Wildman–Crippen LogP) is 3.61. The van der Waals surface area contributed by atoms with Crippen LogP contribution in [-0.4, -0.2) is 101 Å². The number of aliphatic hydroxyl groups is 1. The number of hydrogen-bond acceptors (Lipinski definition) is 14. The minimum absolute atomic E-state index is 0.109. The van der Waals surface area contributed by atoms with Crippen molar-refractivity contribution in [2.24, 2.45) is 0 Å². The van der Waals surface area contributed by atoms with E-state index in [4.69, 9.17) is 37.9 Å². The molecule has 5 aliphatic rings. The molecule has 0 aromatic heterocycles. The van der Waals surface area contributed by atoms with Gasteiger partial charge in [-0.15, -0.1) is 0 Å². The predicted molar refractivity (Wildman–Crippen MR) is 173 cm³/mol. The van der Waals surface area contributed by atoms with Gasteiger partial charge in [-0.25, -0.2) is 19.2 Å². The van der Waals surface area contributed by atoms with E-state index in [0.717, 1.165) is 5.56 Å². The van der Waals surface area contributed by atoms with Crippen LogP contribution in [0.15, 0.2) is 24.0 Å². The third-order valence-corrected chi connectivity index (χ3v) is 9.73. The SMILES string of the molecule is C[C@H](OC(=O)C1OC(C)(C)O[C@H]1C(=O)OC1=CC[C@@]2(O)[C@H]3Cc4ccc(OC(=O)OC(C)(C)C)c5c4[C@@]2(CCN3C)[C@H]1O5)C(=O)OC(C)(C)C. The molecule has 14 nitrogen and oxygen atoms in total. The second-order valence-electron chi connectivity index (χ2n) is 16.2. The number of piperidine rings is 1. The van der Waals surface area contributed by atoms with Crippen molar-refractivity contribution in [2.75, 3.05) is 13.6 Å². The van der Waals surface area contributed by atoms with E-state index in [1.54, 1.807) is 53.7 Å². The van der Waals surface area contributed by atoms with E-state index in [-0.39, 0.29) is 29.7 Å². The molecule has 3 heterocycles. The van der Waals surface area contributed by atoms with E-state index < -0.39 is 76.5 Å². The maximum Gasteiger partial charge on any atom is 0.514 e. The Morgan fingerprint density at radius 1 is 0.960 bits per heavy atom. The summed E-state index contributed by atoms with van der Waals surface area (Å²) < 4.78 is 45.9. The quantitative estimate of drug-likeness (QED) is 0.260. The Morgan fingerprint density at radius 3 is 2.24 bits per heavy atom. The molecule has 7 atom stereocenters. The summed E-state index contributed by atoms with van der Waals surface area (Å²) in [6.07, 6.45) is -3.61. The Labute approximate surface area is 291 Å². The van der Waals surface area contributed by atoms with Gasteiger partial charge in [0.25, 0.3) is 0 Å². The standard InChI is InChI=1S/C36H47NO13/c1-18(28(38)49-32(2,3)4)43-29(39)25-26(48-34(8,9)47-25)30(40)44-21-13-14-36(42)22-17-19-11-12-20(45-31(41)50-33(5,6)7)24-23(19)35(36,27(21)46-24)15-16-37(22)10/h11-13,18,22,25-27,42H,14-17H2,1-10H3/t18-,22+,25?,26+,27-,35-,36+/m0/s1. The van der Waals surface area contributed by atoms with Crippen molar-refractivity contribution in [3.63, 3.8) is 0 Å². The van der Waals surface area contributed by atoms with Crippen LogP contribution >= 0.6 is 0 Å². The number of likely N-dealkylation sites (N-methyl/N-ethyl adjacent to an activating group) is 1. The van der Waals surface area contributed by atoms with Crippen LogP contribution in [-0.2, 0) is 54.6 Å². The van der Waals surface area contributed by atoms with Crippen LogP contribution in [0.25, 0.3) is 0 Å². The molecule has 1 unspecified atom stereocenters. The van der Waals surface area contributed by atoms with Crippen LogP contribution in [0.2, 0.25) is 0 Å². The molecule has 1 aromatic rings. The highest BCUT2D eigenvalue weighted by Gasteiger charge is 2.72.